The Kier molecular flexibility index (Phi) is 3.17. The molecular weight excluding hydrogens is 216 g/mol. The lowest BCUT2D eigenvalue weighted by atomic mass is 9.94. The number of hydrogen-bond donors (Lipinski definition) is 2. The summed E-state index contributed by atoms with van der Waals surface area (Å²) in [4.78, 5) is 11.8. The summed E-state index contributed by atoms with van der Waals surface area (Å²) in [5, 5.41) is 2.89. The number of ether oxygens (including phenoxy) is 1. The number of anilines is 1. The molecule has 0 spiro atoms. The number of nitrogens with one attached hydrogen (secondary N) is 1. The Hall–Kier alpha value is -1.39. The van der Waals surface area contributed by atoms with Gasteiger partial charge in [-0.05, 0) is 25.5 Å². The number of amides is 1. The van der Waals surface area contributed by atoms with Crippen molar-refractivity contribution in [3.05, 3.63) is 29.3 Å². The Balaban J connectivity index is 1.98. The molecule has 1 heterocycles. The molecule has 92 valence electrons. The van der Waals surface area contributed by atoms with E-state index >= 15 is 0 Å². The fourth-order valence-corrected chi connectivity index (χ4v) is 1.93. The molecule has 4 heteroatoms. The summed E-state index contributed by atoms with van der Waals surface area (Å²) in [5.74, 6) is -0.0530. The number of nitrogens with two attached hydrogens (primary N) is 1. The van der Waals surface area contributed by atoms with Crippen molar-refractivity contribution >= 4 is 11.6 Å². The van der Waals surface area contributed by atoms with Gasteiger partial charge in [0.2, 0.25) is 5.91 Å². The van der Waals surface area contributed by atoms with E-state index in [4.69, 9.17) is 10.5 Å². The highest BCUT2D eigenvalue weighted by molar-refractivity contribution is 5.92. The van der Waals surface area contributed by atoms with Crippen LogP contribution >= 0.6 is 0 Å². The number of hydrogen-bond acceptors (Lipinski definition) is 3. The van der Waals surface area contributed by atoms with Crippen molar-refractivity contribution in [2.24, 2.45) is 5.73 Å². The average Bonchev–Trinajstić information content (AvgIpc) is 2.20. The number of benzene rings is 1. The number of carbonyl (C=O) groups excluding carboxylic acids is 1. The van der Waals surface area contributed by atoms with Crippen molar-refractivity contribution in [3.8, 4) is 0 Å². The molecular formula is C13H18N2O2. The van der Waals surface area contributed by atoms with E-state index in [0.717, 1.165) is 11.3 Å². The van der Waals surface area contributed by atoms with E-state index in [2.05, 4.69) is 5.32 Å². The normalized spacial score (nSPS) is 17.4. The van der Waals surface area contributed by atoms with E-state index in [1.807, 2.05) is 32.0 Å². The third-order valence-corrected chi connectivity index (χ3v) is 2.95. The summed E-state index contributed by atoms with van der Waals surface area (Å²) in [5.41, 5.74) is 8.56. The van der Waals surface area contributed by atoms with Gasteiger partial charge in [-0.1, -0.05) is 17.7 Å². The third kappa shape index (κ3) is 2.84. The first-order valence-corrected chi connectivity index (χ1v) is 5.72. The smallest absolute Gasteiger partial charge is 0.226 e. The molecule has 0 radical (unpaired) electrons. The number of rotatable bonds is 3. The highest BCUT2D eigenvalue weighted by atomic mass is 16.5. The standard InChI is InChI=1S/C13H18N2O2/c1-9-3-4-11(10(2)5-9)15-12(16)6-13(14)7-17-8-13/h3-5H,6-8,14H2,1-2H3,(H,15,16). The van der Waals surface area contributed by atoms with Gasteiger partial charge in [0.05, 0.1) is 18.8 Å². The zero-order chi connectivity index (χ0) is 12.5. The van der Waals surface area contributed by atoms with Gasteiger partial charge in [-0.2, -0.15) is 0 Å². The lowest BCUT2D eigenvalue weighted by Gasteiger charge is -2.37. The monoisotopic (exact) mass is 234 g/mol. The third-order valence-electron chi connectivity index (χ3n) is 2.95. The highest BCUT2D eigenvalue weighted by Gasteiger charge is 2.36. The van der Waals surface area contributed by atoms with Gasteiger partial charge in [0.1, 0.15) is 0 Å². The highest BCUT2D eigenvalue weighted by Crippen LogP contribution is 2.20. The molecule has 1 aromatic rings. The maximum absolute atomic E-state index is 11.8. The van der Waals surface area contributed by atoms with Gasteiger partial charge in [-0.25, -0.2) is 0 Å². The molecule has 0 atom stereocenters. The Bertz CT molecular complexity index is 439. The molecule has 0 unspecified atom stereocenters. The van der Waals surface area contributed by atoms with E-state index in [1.165, 1.54) is 5.56 Å². The average molecular weight is 234 g/mol. The molecule has 1 amide bonds. The fourth-order valence-electron chi connectivity index (χ4n) is 1.93. The van der Waals surface area contributed by atoms with Crippen molar-refractivity contribution in [2.45, 2.75) is 25.8 Å². The van der Waals surface area contributed by atoms with E-state index in [-0.39, 0.29) is 5.91 Å². The largest absolute Gasteiger partial charge is 0.377 e. The van der Waals surface area contributed by atoms with Crippen molar-refractivity contribution in [3.63, 3.8) is 0 Å². The summed E-state index contributed by atoms with van der Waals surface area (Å²) in [7, 11) is 0. The second kappa shape index (κ2) is 4.47. The van der Waals surface area contributed by atoms with Crippen LogP contribution in [0.2, 0.25) is 0 Å². The van der Waals surface area contributed by atoms with Crippen LogP contribution in [0.15, 0.2) is 18.2 Å². The Morgan fingerprint density at radius 3 is 2.71 bits per heavy atom. The fraction of sp³-hybridized carbons (Fsp3) is 0.462. The molecule has 1 fully saturated rings. The van der Waals surface area contributed by atoms with E-state index in [0.29, 0.717) is 19.6 Å². The van der Waals surface area contributed by atoms with Crippen LogP contribution in [-0.4, -0.2) is 24.7 Å². The first kappa shape index (κ1) is 12.1. The minimum absolute atomic E-state index is 0.0530. The summed E-state index contributed by atoms with van der Waals surface area (Å²) in [6.07, 6.45) is 0.306. The summed E-state index contributed by atoms with van der Waals surface area (Å²) >= 11 is 0. The van der Waals surface area contributed by atoms with Crippen LogP contribution < -0.4 is 11.1 Å². The van der Waals surface area contributed by atoms with Crippen LogP contribution in [0.25, 0.3) is 0 Å². The quantitative estimate of drug-likeness (QED) is 0.830. The van der Waals surface area contributed by atoms with Gasteiger partial charge in [0.15, 0.2) is 0 Å². The van der Waals surface area contributed by atoms with Gasteiger partial charge in [-0.3, -0.25) is 4.79 Å². The van der Waals surface area contributed by atoms with Crippen LogP contribution in [0.1, 0.15) is 17.5 Å². The minimum Gasteiger partial charge on any atom is -0.377 e. The molecule has 1 aliphatic heterocycles. The topological polar surface area (TPSA) is 64.4 Å². The summed E-state index contributed by atoms with van der Waals surface area (Å²) < 4.78 is 5.02. The molecule has 1 aromatic carbocycles. The van der Waals surface area contributed by atoms with E-state index in [1.54, 1.807) is 0 Å². The summed E-state index contributed by atoms with van der Waals surface area (Å²) in [6.45, 7) is 4.94. The molecule has 0 bridgehead atoms. The molecule has 1 saturated heterocycles. The molecule has 0 aromatic heterocycles. The van der Waals surface area contributed by atoms with Gasteiger partial charge in [0, 0.05) is 12.1 Å². The van der Waals surface area contributed by atoms with E-state index in [9.17, 15) is 4.79 Å². The second-order valence-electron chi connectivity index (χ2n) is 4.90. The molecule has 0 aliphatic carbocycles. The SMILES string of the molecule is Cc1ccc(NC(=O)CC2(N)COC2)c(C)c1. The zero-order valence-electron chi connectivity index (χ0n) is 10.2. The Morgan fingerprint density at radius 1 is 1.47 bits per heavy atom. The van der Waals surface area contributed by atoms with Gasteiger partial charge in [-0.15, -0.1) is 0 Å². The minimum atomic E-state index is -0.470. The van der Waals surface area contributed by atoms with Crippen molar-refractivity contribution in [1.82, 2.24) is 0 Å². The van der Waals surface area contributed by atoms with Crippen LogP contribution in [-0.2, 0) is 9.53 Å². The lowest BCUT2D eigenvalue weighted by molar-refractivity contribution is -0.123. The first-order chi connectivity index (χ1) is 7.98. The maximum atomic E-state index is 11.8. The number of aryl methyl sites for hydroxylation is 2. The van der Waals surface area contributed by atoms with Crippen LogP contribution in [0.4, 0.5) is 5.69 Å². The Morgan fingerprint density at radius 2 is 2.18 bits per heavy atom. The van der Waals surface area contributed by atoms with Crippen LogP contribution in [0.5, 0.6) is 0 Å². The molecule has 2 rings (SSSR count). The van der Waals surface area contributed by atoms with Gasteiger partial charge in [0.25, 0.3) is 0 Å². The van der Waals surface area contributed by atoms with Crippen molar-refractivity contribution < 1.29 is 9.53 Å². The number of carbonyl (C=O) groups is 1. The van der Waals surface area contributed by atoms with Crippen molar-refractivity contribution in [2.75, 3.05) is 18.5 Å². The van der Waals surface area contributed by atoms with Crippen molar-refractivity contribution in [1.29, 1.82) is 0 Å². The maximum Gasteiger partial charge on any atom is 0.226 e. The van der Waals surface area contributed by atoms with Crippen LogP contribution in [0, 0.1) is 13.8 Å². The van der Waals surface area contributed by atoms with Gasteiger partial charge < -0.3 is 15.8 Å². The molecule has 4 nitrogen and oxygen atoms in total. The Labute approximate surface area is 101 Å². The predicted octanol–water partition coefficient (Wildman–Crippen LogP) is 1.36. The molecule has 0 saturated carbocycles. The first-order valence-electron chi connectivity index (χ1n) is 5.72. The molecule has 1 aliphatic rings. The van der Waals surface area contributed by atoms with Crippen LogP contribution in [0.3, 0.4) is 0 Å². The van der Waals surface area contributed by atoms with E-state index < -0.39 is 5.54 Å². The van der Waals surface area contributed by atoms with Gasteiger partial charge >= 0.3 is 0 Å². The molecule has 3 N–H and O–H groups in total. The summed E-state index contributed by atoms with van der Waals surface area (Å²) in [6, 6.07) is 5.94. The second-order valence-corrected chi connectivity index (χ2v) is 4.90. The zero-order valence-corrected chi connectivity index (χ0v) is 10.2. The predicted molar refractivity (Wildman–Crippen MR) is 66.9 cm³/mol. The lowest BCUT2D eigenvalue weighted by Crippen LogP contribution is -2.58. The molecule has 17 heavy (non-hydrogen) atoms.